The molecule has 0 bridgehead atoms. The van der Waals surface area contributed by atoms with E-state index in [2.05, 4.69) is 37.8 Å². The topological polar surface area (TPSA) is 118 Å². The molecule has 1 aromatic carbocycles. The molecule has 2 aliphatic carbocycles. The fourth-order valence-electron chi connectivity index (χ4n) is 4.56. The number of nitrogens with two attached hydrogens (primary N) is 1. The molecular weight excluding hydrogens is 390 g/mol. The second-order valence-corrected chi connectivity index (χ2v) is 9.32. The van der Waals surface area contributed by atoms with Crippen LogP contribution in [0, 0.1) is 12.3 Å². The molecular formula is C23H33N7O. The average molecular weight is 424 g/mol. The summed E-state index contributed by atoms with van der Waals surface area (Å²) in [5, 5.41) is 10.2. The zero-order valence-electron chi connectivity index (χ0n) is 18.5. The van der Waals surface area contributed by atoms with Gasteiger partial charge in [0.05, 0.1) is 0 Å². The number of carbonyl (C=O) groups is 1. The smallest absolute Gasteiger partial charge is 0.248 e. The summed E-state index contributed by atoms with van der Waals surface area (Å²) in [5.41, 5.74) is 7.90. The number of carbonyl (C=O) groups excluding carboxylic acids is 1. The highest BCUT2D eigenvalue weighted by Crippen LogP contribution is 2.37. The molecule has 1 aromatic heterocycles. The molecule has 2 aliphatic rings. The van der Waals surface area contributed by atoms with Crippen LogP contribution in [-0.2, 0) is 0 Å². The lowest BCUT2D eigenvalue weighted by Crippen LogP contribution is -2.25. The van der Waals surface area contributed by atoms with Crippen LogP contribution in [0.3, 0.4) is 0 Å². The maximum atomic E-state index is 11.6. The molecule has 1 heterocycles. The minimum Gasteiger partial charge on any atom is -0.366 e. The molecule has 0 atom stereocenters. The number of amides is 1. The van der Waals surface area contributed by atoms with Crippen LogP contribution in [0.4, 0.5) is 23.5 Å². The Morgan fingerprint density at radius 1 is 1.06 bits per heavy atom. The number of hydrogen-bond acceptors (Lipinski definition) is 7. The van der Waals surface area contributed by atoms with Crippen LogP contribution in [0.25, 0.3) is 0 Å². The van der Waals surface area contributed by atoms with Crippen LogP contribution in [-0.4, -0.2) is 33.4 Å². The monoisotopic (exact) mass is 423 g/mol. The normalized spacial score (nSPS) is 18.1. The third-order valence-corrected chi connectivity index (χ3v) is 6.58. The molecule has 8 nitrogen and oxygen atoms in total. The van der Waals surface area contributed by atoms with Gasteiger partial charge in [0, 0.05) is 23.8 Å². The van der Waals surface area contributed by atoms with Crippen molar-refractivity contribution in [1.82, 2.24) is 15.0 Å². The summed E-state index contributed by atoms with van der Waals surface area (Å²) >= 11 is 0. The van der Waals surface area contributed by atoms with Gasteiger partial charge in [-0.15, -0.1) is 0 Å². The van der Waals surface area contributed by atoms with E-state index in [1.165, 1.54) is 38.5 Å². The van der Waals surface area contributed by atoms with Crippen molar-refractivity contribution in [2.45, 2.75) is 71.3 Å². The first-order valence-electron chi connectivity index (χ1n) is 11.3. The Hall–Kier alpha value is -2.90. The second kappa shape index (κ2) is 9.08. The summed E-state index contributed by atoms with van der Waals surface area (Å²) in [6.45, 7) is 5.13. The summed E-state index contributed by atoms with van der Waals surface area (Å²) in [6.07, 6.45) is 9.75. The number of rotatable bonds is 8. The Morgan fingerprint density at radius 3 is 2.45 bits per heavy atom. The summed E-state index contributed by atoms with van der Waals surface area (Å²) in [6, 6.07) is 5.72. The fourth-order valence-corrected chi connectivity index (χ4v) is 4.56. The Balaban J connectivity index is 1.57. The van der Waals surface area contributed by atoms with Gasteiger partial charge in [0.15, 0.2) is 0 Å². The quantitative estimate of drug-likeness (QED) is 0.498. The summed E-state index contributed by atoms with van der Waals surface area (Å²) < 4.78 is 0. The highest BCUT2D eigenvalue weighted by atomic mass is 16.1. The van der Waals surface area contributed by atoms with Crippen LogP contribution < -0.4 is 21.7 Å². The van der Waals surface area contributed by atoms with Crippen molar-refractivity contribution in [3.63, 3.8) is 0 Å². The van der Waals surface area contributed by atoms with Gasteiger partial charge in [0.25, 0.3) is 0 Å². The molecule has 4 rings (SSSR count). The third-order valence-electron chi connectivity index (χ3n) is 6.58. The van der Waals surface area contributed by atoms with E-state index in [-0.39, 0.29) is 5.41 Å². The number of hydrogen-bond donors (Lipinski definition) is 4. The molecule has 2 fully saturated rings. The van der Waals surface area contributed by atoms with Gasteiger partial charge in [-0.1, -0.05) is 38.7 Å². The van der Waals surface area contributed by atoms with Gasteiger partial charge in [0.1, 0.15) is 0 Å². The molecule has 0 unspecified atom stereocenters. The Labute approximate surface area is 183 Å². The van der Waals surface area contributed by atoms with Crippen molar-refractivity contribution >= 4 is 29.4 Å². The number of aromatic nitrogens is 3. The summed E-state index contributed by atoms with van der Waals surface area (Å²) in [5.74, 6) is 1.12. The van der Waals surface area contributed by atoms with Gasteiger partial charge in [-0.2, -0.15) is 15.0 Å². The molecule has 8 heteroatoms. The molecule has 2 saturated carbocycles. The third kappa shape index (κ3) is 5.42. The van der Waals surface area contributed by atoms with Gasteiger partial charge < -0.3 is 21.7 Å². The number of benzene rings is 1. The standard InChI is InChI=1S/C23H33N7O/c1-15-9-10-16(19(24)31)13-18(15)27-22-29-20(25-14-23(2)11-5-6-12-23)28-21(30-22)26-17-7-3-4-8-17/h9-10,13,17H,3-8,11-12,14H2,1-2H3,(H2,24,31)(H3,25,26,27,28,29,30). The van der Waals surface area contributed by atoms with E-state index >= 15 is 0 Å². The second-order valence-electron chi connectivity index (χ2n) is 9.32. The van der Waals surface area contributed by atoms with E-state index < -0.39 is 5.91 Å². The number of aryl methyl sites for hydroxylation is 1. The predicted octanol–water partition coefficient (Wildman–Crippen LogP) is 4.37. The van der Waals surface area contributed by atoms with Gasteiger partial charge in [-0.3, -0.25) is 4.79 Å². The number of primary amides is 1. The Kier molecular flexibility index (Phi) is 6.25. The largest absolute Gasteiger partial charge is 0.366 e. The van der Waals surface area contributed by atoms with Gasteiger partial charge in [-0.25, -0.2) is 0 Å². The lowest BCUT2D eigenvalue weighted by molar-refractivity contribution is 0.100. The molecule has 0 spiro atoms. The van der Waals surface area contributed by atoms with E-state index in [1.807, 2.05) is 13.0 Å². The predicted molar refractivity (Wildman–Crippen MR) is 124 cm³/mol. The van der Waals surface area contributed by atoms with E-state index in [0.717, 1.165) is 30.6 Å². The molecule has 5 N–H and O–H groups in total. The SMILES string of the molecule is Cc1ccc(C(N)=O)cc1Nc1nc(NCC2(C)CCCC2)nc(NC2CCCC2)n1. The van der Waals surface area contributed by atoms with Crippen molar-refractivity contribution in [2.24, 2.45) is 11.1 Å². The molecule has 0 saturated heterocycles. The molecule has 1 amide bonds. The van der Waals surface area contributed by atoms with Crippen LogP contribution in [0.1, 0.15) is 74.2 Å². The number of nitrogens with zero attached hydrogens (tertiary/aromatic N) is 3. The lowest BCUT2D eigenvalue weighted by atomic mass is 9.89. The van der Waals surface area contributed by atoms with E-state index in [0.29, 0.717) is 29.5 Å². The van der Waals surface area contributed by atoms with Crippen molar-refractivity contribution in [2.75, 3.05) is 22.5 Å². The minimum atomic E-state index is -0.463. The van der Waals surface area contributed by atoms with Crippen molar-refractivity contribution < 1.29 is 4.79 Å². The van der Waals surface area contributed by atoms with Crippen molar-refractivity contribution in [3.8, 4) is 0 Å². The number of nitrogens with one attached hydrogen (secondary N) is 3. The van der Waals surface area contributed by atoms with E-state index in [1.54, 1.807) is 12.1 Å². The van der Waals surface area contributed by atoms with Crippen molar-refractivity contribution in [3.05, 3.63) is 29.3 Å². The van der Waals surface area contributed by atoms with Crippen LogP contribution >= 0.6 is 0 Å². The fraction of sp³-hybridized carbons (Fsp3) is 0.565. The Morgan fingerprint density at radius 2 is 1.74 bits per heavy atom. The summed E-state index contributed by atoms with van der Waals surface area (Å²) in [7, 11) is 0. The van der Waals surface area contributed by atoms with Gasteiger partial charge in [-0.05, 0) is 55.7 Å². The van der Waals surface area contributed by atoms with Crippen molar-refractivity contribution in [1.29, 1.82) is 0 Å². The lowest BCUT2D eigenvalue weighted by Gasteiger charge is -2.24. The molecule has 2 aromatic rings. The first kappa shape index (κ1) is 21.3. The molecule has 0 radical (unpaired) electrons. The summed E-state index contributed by atoms with van der Waals surface area (Å²) in [4.78, 5) is 25.4. The average Bonchev–Trinajstić information content (AvgIpc) is 3.40. The molecule has 166 valence electrons. The number of anilines is 4. The van der Waals surface area contributed by atoms with E-state index in [4.69, 9.17) is 5.73 Å². The first-order valence-corrected chi connectivity index (χ1v) is 11.3. The van der Waals surface area contributed by atoms with Crippen LogP contribution in [0.2, 0.25) is 0 Å². The molecule has 0 aliphatic heterocycles. The van der Waals surface area contributed by atoms with Crippen LogP contribution in [0.5, 0.6) is 0 Å². The van der Waals surface area contributed by atoms with Gasteiger partial charge in [0.2, 0.25) is 23.8 Å². The molecule has 31 heavy (non-hydrogen) atoms. The maximum absolute atomic E-state index is 11.6. The highest BCUT2D eigenvalue weighted by Gasteiger charge is 2.28. The Bertz CT molecular complexity index is 934. The zero-order valence-corrected chi connectivity index (χ0v) is 18.5. The van der Waals surface area contributed by atoms with Crippen LogP contribution in [0.15, 0.2) is 18.2 Å². The highest BCUT2D eigenvalue weighted by molar-refractivity contribution is 5.94. The first-order chi connectivity index (χ1) is 14.9. The zero-order chi connectivity index (χ0) is 21.8. The maximum Gasteiger partial charge on any atom is 0.248 e. The minimum absolute atomic E-state index is 0.283. The van der Waals surface area contributed by atoms with Gasteiger partial charge >= 0.3 is 0 Å². The van der Waals surface area contributed by atoms with E-state index in [9.17, 15) is 4.79 Å².